The lowest BCUT2D eigenvalue weighted by Gasteiger charge is -2.14. The van der Waals surface area contributed by atoms with Crippen molar-refractivity contribution in [2.24, 2.45) is 11.5 Å². The number of carbonyl (C=O) groups excluding carboxylic acids is 4. The molecule has 4 heterocycles. The van der Waals surface area contributed by atoms with Crippen LogP contribution in [-0.4, -0.2) is 56.1 Å². The molecule has 0 saturated carbocycles. The number of benzene rings is 4. The van der Waals surface area contributed by atoms with Crippen LogP contribution in [0.1, 0.15) is 53.9 Å². The summed E-state index contributed by atoms with van der Waals surface area (Å²) >= 11 is 2.65. The van der Waals surface area contributed by atoms with Crippen LogP contribution < -0.4 is 11.5 Å². The Hall–Kier alpha value is -6.38. The lowest BCUT2D eigenvalue weighted by molar-refractivity contribution is 0.0523. The zero-order chi connectivity index (χ0) is 37.7. The van der Waals surface area contributed by atoms with Crippen LogP contribution in [0, 0.1) is 0 Å². The summed E-state index contributed by atoms with van der Waals surface area (Å²) in [5, 5.41) is 1.66. The van der Waals surface area contributed by atoms with Crippen molar-refractivity contribution in [2.75, 3.05) is 13.2 Å². The largest absolute Gasteiger partial charge is 0.462 e. The second kappa shape index (κ2) is 13.9. The van der Waals surface area contributed by atoms with E-state index in [0.29, 0.717) is 78.8 Å². The van der Waals surface area contributed by atoms with E-state index in [4.69, 9.17) is 30.9 Å². The maximum Gasteiger partial charge on any atom is 0.349 e. The number of nitrogens with zero attached hydrogens (tertiary/aromatic N) is 4. The number of thiophene rings is 2. The first kappa shape index (κ1) is 34.7. The Labute approximate surface area is 315 Å². The highest BCUT2D eigenvalue weighted by Crippen LogP contribution is 2.42. The van der Waals surface area contributed by atoms with Crippen LogP contribution in [0.4, 0.5) is 0 Å². The predicted octanol–water partition coefficient (Wildman–Crippen LogP) is 7.40. The average molecular weight is 757 g/mol. The van der Waals surface area contributed by atoms with Crippen molar-refractivity contribution < 1.29 is 28.7 Å². The number of ether oxygens (including phenoxy) is 2. The van der Waals surface area contributed by atoms with Crippen LogP contribution in [0.15, 0.2) is 84.9 Å². The molecule has 0 radical (unpaired) electrons. The van der Waals surface area contributed by atoms with Crippen LogP contribution >= 0.6 is 22.7 Å². The number of hydrogen-bond acceptors (Lipinski definition) is 10. The van der Waals surface area contributed by atoms with Gasteiger partial charge in [-0.25, -0.2) is 19.6 Å². The molecule has 8 aromatic rings. The summed E-state index contributed by atoms with van der Waals surface area (Å²) in [7, 11) is 0. The molecule has 4 aromatic heterocycles. The second-order valence-corrected chi connectivity index (χ2v) is 14.5. The van der Waals surface area contributed by atoms with Gasteiger partial charge in [0.1, 0.15) is 21.4 Å². The molecule has 0 bridgehead atoms. The fraction of sp³-hybridized carbons (Fsp3) is 0.150. The molecule has 270 valence electrons. The zero-order valence-electron chi connectivity index (χ0n) is 29.1. The minimum atomic E-state index is -0.591. The number of amides is 2. The summed E-state index contributed by atoms with van der Waals surface area (Å²) in [4.78, 5) is 62.3. The lowest BCUT2D eigenvalue weighted by atomic mass is 10.1. The lowest BCUT2D eigenvalue weighted by Crippen LogP contribution is -2.13. The van der Waals surface area contributed by atoms with Crippen molar-refractivity contribution in [1.29, 1.82) is 0 Å². The standard InChI is InChI=1S/C40H32N6O6S2/c1-3-51-39(49)33-31(23-9-5-7-11-29(23)53-33)37-43-25-19-21(35(41)47)13-15-27(25)45(37)17-18-46-28-16-14-22(36(42)48)20-26(28)44-38(46)32-24-10-6-8-12-30(24)54-34(32)40(50)52-4-2/h5-16,19-20H,3-4,17-18H2,1-2H3,(H2,41,47)(H2,42,48). The van der Waals surface area contributed by atoms with Crippen molar-refractivity contribution >= 4 is 88.7 Å². The summed E-state index contributed by atoms with van der Waals surface area (Å²) in [5.74, 6) is -1.11. The molecular formula is C40H32N6O6S2. The fourth-order valence-electron chi connectivity index (χ4n) is 6.82. The molecule has 14 heteroatoms. The van der Waals surface area contributed by atoms with Gasteiger partial charge in [0.15, 0.2) is 0 Å². The van der Waals surface area contributed by atoms with Crippen LogP contribution in [-0.2, 0) is 22.6 Å². The van der Waals surface area contributed by atoms with Gasteiger partial charge >= 0.3 is 11.9 Å². The number of carbonyl (C=O) groups is 4. The Balaban J connectivity index is 1.36. The van der Waals surface area contributed by atoms with E-state index in [-0.39, 0.29) is 13.2 Å². The molecule has 0 aliphatic carbocycles. The van der Waals surface area contributed by atoms with Gasteiger partial charge in [-0.2, -0.15) is 0 Å². The van der Waals surface area contributed by atoms with Crippen LogP contribution in [0.25, 0.3) is 65.0 Å². The topological polar surface area (TPSA) is 174 Å². The Morgan fingerprint density at radius 2 is 1.02 bits per heavy atom. The van der Waals surface area contributed by atoms with Crippen molar-refractivity contribution in [2.45, 2.75) is 26.9 Å². The highest BCUT2D eigenvalue weighted by molar-refractivity contribution is 7.21. The highest BCUT2D eigenvalue weighted by atomic mass is 32.1. The molecular weight excluding hydrogens is 725 g/mol. The van der Waals surface area contributed by atoms with E-state index in [9.17, 15) is 19.2 Å². The molecule has 4 N–H and O–H groups in total. The molecule has 0 unspecified atom stereocenters. The SMILES string of the molecule is CCOC(=O)c1sc2ccccc2c1-c1nc2cc(C(N)=O)ccc2n1CCn1c(-c2c(C(=O)OCC)sc3ccccc23)nc2cc(C(N)=O)ccc21. The summed E-state index contributed by atoms with van der Waals surface area (Å²) in [6.07, 6.45) is 0. The number of rotatable bonds is 11. The fourth-order valence-corrected chi connectivity index (χ4v) is 9.00. The minimum absolute atomic E-state index is 0.198. The van der Waals surface area contributed by atoms with E-state index in [1.807, 2.05) is 57.7 Å². The summed E-state index contributed by atoms with van der Waals surface area (Å²) in [6, 6.07) is 25.6. The third kappa shape index (κ3) is 5.85. The third-order valence-corrected chi connectivity index (χ3v) is 11.5. The number of hydrogen-bond donors (Lipinski definition) is 2. The quantitative estimate of drug-likeness (QED) is 0.128. The molecule has 2 amide bonds. The van der Waals surface area contributed by atoms with E-state index in [1.54, 1.807) is 50.2 Å². The molecule has 0 spiro atoms. The molecule has 0 saturated heterocycles. The van der Waals surface area contributed by atoms with E-state index in [1.165, 1.54) is 22.7 Å². The number of fused-ring (bicyclic) bond motifs is 4. The average Bonchev–Trinajstić information content (AvgIpc) is 3.93. The first-order valence-electron chi connectivity index (χ1n) is 17.2. The van der Waals surface area contributed by atoms with Crippen molar-refractivity contribution in [1.82, 2.24) is 19.1 Å². The van der Waals surface area contributed by atoms with Crippen LogP contribution in [0.3, 0.4) is 0 Å². The maximum atomic E-state index is 13.5. The monoisotopic (exact) mass is 756 g/mol. The number of primary amides is 2. The Morgan fingerprint density at radius 1 is 0.611 bits per heavy atom. The molecule has 0 atom stereocenters. The third-order valence-electron chi connectivity index (χ3n) is 9.17. The second-order valence-electron chi connectivity index (χ2n) is 12.4. The van der Waals surface area contributed by atoms with Gasteiger partial charge in [-0.15, -0.1) is 22.7 Å². The molecule has 0 aliphatic heterocycles. The number of nitrogens with two attached hydrogens (primary N) is 2. The zero-order valence-corrected chi connectivity index (χ0v) is 30.8. The van der Waals surface area contributed by atoms with E-state index >= 15 is 0 Å². The van der Waals surface area contributed by atoms with Crippen molar-refractivity contribution in [3.05, 3.63) is 106 Å². The Kier molecular flexibility index (Phi) is 8.91. The van der Waals surface area contributed by atoms with Crippen LogP contribution in [0.5, 0.6) is 0 Å². The Morgan fingerprint density at radius 3 is 1.41 bits per heavy atom. The van der Waals surface area contributed by atoms with Gasteiger partial charge < -0.3 is 30.1 Å². The van der Waals surface area contributed by atoms with Crippen molar-refractivity contribution in [3.8, 4) is 22.8 Å². The van der Waals surface area contributed by atoms with Crippen LogP contribution in [0.2, 0.25) is 0 Å². The van der Waals surface area contributed by atoms with Gasteiger partial charge in [-0.05, 0) is 62.4 Å². The van der Waals surface area contributed by atoms with Gasteiger partial charge in [0.2, 0.25) is 11.8 Å². The van der Waals surface area contributed by atoms with Gasteiger partial charge in [-0.3, -0.25) is 9.59 Å². The predicted molar refractivity (Wildman–Crippen MR) is 210 cm³/mol. The van der Waals surface area contributed by atoms with Gasteiger partial charge in [0.25, 0.3) is 0 Å². The van der Waals surface area contributed by atoms with Gasteiger partial charge in [-0.1, -0.05) is 36.4 Å². The maximum absolute atomic E-state index is 13.5. The summed E-state index contributed by atoms with van der Waals surface area (Å²) in [5.41, 5.74) is 15.6. The summed E-state index contributed by atoms with van der Waals surface area (Å²) < 4.78 is 16.8. The molecule has 0 fully saturated rings. The molecule has 4 aromatic carbocycles. The first-order valence-corrected chi connectivity index (χ1v) is 18.8. The highest BCUT2D eigenvalue weighted by Gasteiger charge is 2.28. The number of aryl methyl sites for hydroxylation is 2. The summed E-state index contributed by atoms with van der Waals surface area (Å²) in [6.45, 7) is 4.53. The molecule has 0 aliphatic rings. The Bertz CT molecular complexity index is 2640. The minimum Gasteiger partial charge on any atom is -0.462 e. The molecule has 12 nitrogen and oxygen atoms in total. The smallest absolute Gasteiger partial charge is 0.349 e. The number of esters is 2. The first-order chi connectivity index (χ1) is 26.2. The van der Waals surface area contributed by atoms with Gasteiger partial charge in [0.05, 0.1) is 46.4 Å². The molecule has 54 heavy (non-hydrogen) atoms. The number of aromatic nitrogens is 4. The molecule has 8 rings (SSSR count). The van der Waals surface area contributed by atoms with Crippen molar-refractivity contribution in [3.63, 3.8) is 0 Å². The van der Waals surface area contributed by atoms with Gasteiger partial charge in [0, 0.05) is 44.4 Å². The normalized spacial score (nSPS) is 11.5. The number of imidazole rings is 2. The van der Waals surface area contributed by atoms with E-state index < -0.39 is 23.8 Å². The van der Waals surface area contributed by atoms with E-state index in [0.717, 1.165) is 20.2 Å². The van der Waals surface area contributed by atoms with E-state index in [2.05, 4.69) is 0 Å².